The third kappa shape index (κ3) is 2.71. The van der Waals surface area contributed by atoms with E-state index < -0.39 is 5.69 Å². The van der Waals surface area contributed by atoms with E-state index in [9.17, 15) is 4.79 Å². The first-order valence-corrected chi connectivity index (χ1v) is 6.71. The first-order valence-electron chi connectivity index (χ1n) is 6.71. The molecule has 1 heterocycles. The van der Waals surface area contributed by atoms with Crippen LogP contribution in [0.2, 0.25) is 0 Å². The number of nitrogen functional groups attached to an aromatic ring is 1. The molecule has 2 aromatic carbocycles. The van der Waals surface area contributed by atoms with E-state index in [1.807, 2.05) is 30.3 Å². The molecule has 0 saturated carbocycles. The molecule has 6 heteroatoms. The van der Waals surface area contributed by atoms with Crippen molar-refractivity contribution < 1.29 is 9.47 Å². The SMILES string of the molecule is COc1cc2[nH]c(=O)nc(N)c2cc1OCc1ccccc1. The summed E-state index contributed by atoms with van der Waals surface area (Å²) in [5.74, 6) is 1.22. The largest absolute Gasteiger partial charge is 0.493 e. The van der Waals surface area contributed by atoms with Gasteiger partial charge in [0.15, 0.2) is 11.5 Å². The molecule has 1 aromatic heterocycles. The minimum atomic E-state index is -0.495. The number of nitrogens with two attached hydrogens (primary N) is 1. The van der Waals surface area contributed by atoms with E-state index in [2.05, 4.69) is 9.97 Å². The maximum atomic E-state index is 11.4. The third-order valence-electron chi connectivity index (χ3n) is 3.28. The van der Waals surface area contributed by atoms with Gasteiger partial charge in [-0.25, -0.2) is 4.79 Å². The number of hydrogen-bond acceptors (Lipinski definition) is 5. The molecule has 6 nitrogen and oxygen atoms in total. The minimum Gasteiger partial charge on any atom is -0.493 e. The molecule has 0 radical (unpaired) electrons. The maximum absolute atomic E-state index is 11.4. The number of H-pyrrole nitrogens is 1. The lowest BCUT2D eigenvalue weighted by Gasteiger charge is -2.12. The van der Waals surface area contributed by atoms with Crippen LogP contribution in [0.4, 0.5) is 5.82 Å². The van der Waals surface area contributed by atoms with Gasteiger partial charge in [0.25, 0.3) is 0 Å². The van der Waals surface area contributed by atoms with Gasteiger partial charge in [-0.3, -0.25) is 0 Å². The Balaban J connectivity index is 1.99. The summed E-state index contributed by atoms with van der Waals surface area (Å²) in [5.41, 5.74) is 6.90. The van der Waals surface area contributed by atoms with Gasteiger partial charge >= 0.3 is 5.69 Å². The van der Waals surface area contributed by atoms with Gasteiger partial charge in [-0.2, -0.15) is 4.98 Å². The predicted octanol–water partition coefficient (Wildman–Crippen LogP) is 2.09. The lowest BCUT2D eigenvalue weighted by atomic mass is 10.2. The van der Waals surface area contributed by atoms with E-state index in [4.69, 9.17) is 15.2 Å². The van der Waals surface area contributed by atoms with Crippen molar-refractivity contribution in [2.75, 3.05) is 12.8 Å². The van der Waals surface area contributed by atoms with E-state index in [0.717, 1.165) is 5.56 Å². The summed E-state index contributed by atoms with van der Waals surface area (Å²) in [6.07, 6.45) is 0. The molecule has 0 aliphatic carbocycles. The van der Waals surface area contributed by atoms with Gasteiger partial charge in [0.2, 0.25) is 0 Å². The zero-order valence-corrected chi connectivity index (χ0v) is 12.0. The Morgan fingerprint density at radius 3 is 2.68 bits per heavy atom. The lowest BCUT2D eigenvalue weighted by Crippen LogP contribution is -2.12. The highest BCUT2D eigenvalue weighted by molar-refractivity contribution is 5.90. The molecule has 0 aliphatic heterocycles. The van der Waals surface area contributed by atoms with Crippen LogP contribution >= 0.6 is 0 Å². The summed E-state index contributed by atoms with van der Waals surface area (Å²) in [7, 11) is 1.54. The van der Waals surface area contributed by atoms with E-state index in [1.165, 1.54) is 0 Å². The summed E-state index contributed by atoms with van der Waals surface area (Å²) >= 11 is 0. The van der Waals surface area contributed by atoms with E-state index in [-0.39, 0.29) is 5.82 Å². The van der Waals surface area contributed by atoms with Gasteiger partial charge < -0.3 is 20.2 Å². The van der Waals surface area contributed by atoms with Crippen molar-refractivity contribution in [2.24, 2.45) is 0 Å². The first-order chi connectivity index (χ1) is 10.7. The molecular weight excluding hydrogens is 282 g/mol. The molecule has 112 valence electrons. The molecule has 0 unspecified atom stereocenters. The molecule has 3 aromatic rings. The highest BCUT2D eigenvalue weighted by atomic mass is 16.5. The second-order valence-corrected chi connectivity index (χ2v) is 4.75. The summed E-state index contributed by atoms with van der Waals surface area (Å²) < 4.78 is 11.1. The van der Waals surface area contributed by atoms with E-state index >= 15 is 0 Å². The molecular formula is C16H15N3O3. The van der Waals surface area contributed by atoms with Gasteiger partial charge in [-0.1, -0.05) is 30.3 Å². The quantitative estimate of drug-likeness (QED) is 0.769. The second-order valence-electron chi connectivity index (χ2n) is 4.75. The molecule has 22 heavy (non-hydrogen) atoms. The van der Waals surface area contributed by atoms with Crippen LogP contribution in [-0.2, 0) is 6.61 Å². The van der Waals surface area contributed by atoms with Crippen LogP contribution in [0, 0.1) is 0 Å². The van der Waals surface area contributed by atoms with Gasteiger partial charge in [-0.05, 0) is 11.6 Å². The van der Waals surface area contributed by atoms with Crippen molar-refractivity contribution in [1.29, 1.82) is 0 Å². The molecule has 0 fully saturated rings. The predicted molar refractivity (Wildman–Crippen MR) is 84.1 cm³/mol. The second kappa shape index (κ2) is 5.77. The van der Waals surface area contributed by atoms with Gasteiger partial charge in [0.1, 0.15) is 12.4 Å². The Kier molecular flexibility index (Phi) is 3.65. The highest BCUT2D eigenvalue weighted by Gasteiger charge is 2.11. The molecule has 0 aliphatic rings. The first kappa shape index (κ1) is 13.9. The number of rotatable bonds is 4. The molecule has 0 saturated heterocycles. The van der Waals surface area contributed by atoms with Crippen LogP contribution in [0.25, 0.3) is 10.9 Å². The Labute approximate surface area is 126 Å². The Hall–Kier alpha value is -3.02. The van der Waals surface area contributed by atoms with Crippen LogP contribution in [0.1, 0.15) is 5.56 Å². The number of nitrogens with one attached hydrogen (secondary N) is 1. The standard InChI is InChI=1S/C16H15N3O3/c1-21-13-8-12-11(15(17)19-16(20)18-12)7-14(13)22-9-10-5-3-2-4-6-10/h2-8H,9H2,1H3,(H3,17,18,19,20). The fourth-order valence-corrected chi connectivity index (χ4v) is 2.20. The molecule has 0 spiro atoms. The fourth-order valence-electron chi connectivity index (χ4n) is 2.20. The highest BCUT2D eigenvalue weighted by Crippen LogP contribution is 2.33. The van der Waals surface area contributed by atoms with Crippen molar-refractivity contribution in [3.8, 4) is 11.5 Å². The van der Waals surface area contributed by atoms with Crippen LogP contribution in [0.5, 0.6) is 11.5 Å². The third-order valence-corrected chi connectivity index (χ3v) is 3.28. The van der Waals surface area contributed by atoms with Gasteiger partial charge in [0.05, 0.1) is 12.6 Å². The Morgan fingerprint density at radius 1 is 1.18 bits per heavy atom. The fraction of sp³-hybridized carbons (Fsp3) is 0.125. The summed E-state index contributed by atoms with van der Waals surface area (Å²) in [5, 5.41) is 0.614. The minimum absolute atomic E-state index is 0.158. The average Bonchev–Trinajstić information content (AvgIpc) is 2.53. The van der Waals surface area contributed by atoms with Crippen molar-refractivity contribution in [3.05, 3.63) is 58.5 Å². The van der Waals surface area contributed by atoms with Gasteiger partial charge in [-0.15, -0.1) is 0 Å². The lowest BCUT2D eigenvalue weighted by molar-refractivity contribution is 0.285. The number of methoxy groups -OCH3 is 1. The molecule has 0 atom stereocenters. The monoisotopic (exact) mass is 297 g/mol. The number of benzene rings is 2. The summed E-state index contributed by atoms with van der Waals surface area (Å²) in [4.78, 5) is 17.7. The van der Waals surface area contributed by atoms with Crippen molar-refractivity contribution in [1.82, 2.24) is 9.97 Å². The number of aromatic nitrogens is 2. The van der Waals surface area contributed by atoms with Crippen LogP contribution in [0.3, 0.4) is 0 Å². The molecule has 0 amide bonds. The summed E-state index contributed by atoms with van der Waals surface area (Å²) in [6, 6.07) is 13.2. The average molecular weight is 297 g/mol. The van der Waals surface area contributed by atoms with Gasteiger partial charge in [0, 0.05) is 11.5 Å². The van der Waals surface area contributed by atoms with Crippen molar-refractivity contribution >= 4 is 16.7 Å². The number of fused-ring (bicyclic) bond motifs is 1. The Bertz CT molecular complexity index is 860. The smallest absolute Gasteiger partial charge is 0.347 e. The molecule has 3 rings (SSSR count). The topological polar surface area (TPSA) is 90.2 Å². The van der Waals surface area contributed by atoms with E-state index in [0.29, 0.717) is 29.0 Å². The van der Waals surface area contributed by atoms with Crippen LogP contribution in [0.15, 0.2) is 47.3 Å². The molecule has 0 bridgehead atoms. The Morgan fingerprint density at radius 2 is 1.95 bits per heavy atom. The van der Waals surface area contributed by atoms with Crippen molar-refractivity contribution in [3.63, 3.8) is 0 Å². The number of aromatic amines is 1. The normalized spacial score (nSPS) is 10.6. The molecule has 3 N–H and O–H groups in total. The maximum Gasteiger partial charge on any atom is 0.347 e. The van der Waals surface area contributed by atoms with Crippen LogP contribution < -0.4 is 20.9 Å². The summed E-state index contributed by atoms with van der Waals surface area (Å²) in [6.45, 7) is 0.402. The number of anilines is 1. The van der Waals surface area contributed by atoms with E-state index in [1.54, 1.807) is 19.2 Å². The number of ether oxygens (including phenoxy) is 2. The zero-order valence-electron chi connectivity index (χ0n) is 12.0. The number of hydrogen-bond donors (Lipinski definition) is 2. The number of nitrogens with zero attached hydrogens (tertiary/aromatic N) is 1. The van der Waals surface area contributed by atoms with Crippen molar-refractivity contribution in [2.45, 2.75) is 6.61 Å². The van der Waals surface area contributed by atoms with Crippen LogP contribution in [-0.4, -0.2) is 17.1 Å². The zero-order chi connectivity index (χ0) is 15.5.